The molecule has 122 valence electrons. The van der Waals surface area contributed by atoms with Gasteiger partial charge in [-0.2, -0.15) is 0 Å². The standard InChI is InChI=1S/C18H28N2O2/c1-15-5-2-3-7-17(15)18(14-20-8-11-21-12-9-20)19-13-16-6-4-10-22-16/h2-3,5,7,16,18-19H,4,6,8-14H2,1H3/t16-,18+/m0/s1. The van der Waals surface area contributed by atoms with Crippen molar-refractivity contribution >= 4 is 0 Å². The van der Waals surface area contributed by atoms with Gasteiger partial charge in [0.25, 0.3) is 0 Å². The Bertz CT molecular complexity index is 454. The molecule has 22 heavy (non-hydrogen) atoms. The van der Waals surface area contributed by atoms with E-state index in [4.69, 9.17) is 9.47 Å². The van der Waals surface area contributed by atoms with Gasteiger partial charge in [-0.1, -0.05) is 24.3 Å². The molecule has 0 bridgehead atoms. The highest BCUT2D eigenvalue weighted by Crippen LogP contribution is 2.20. The van der Waals surface area contributed by atoms with E-state index in [9.17, 15) is 0 Å². The molecule has 2 aliphatic heterocycles. The third kappa shape index (κ3) is 4.29. The molecule has 1 aromatic carbocycles. The van der Waals surface area contributed by atoms with Crippen LogP contribution in [-0.2, 0) is 9.47 Å². The van der Waals surface area contributed by atoms with Gasteiger partial charge in [0.2, 0.25) is 0 Å². The second-order valence-corrected chi connectivity index (χ2v) is 6.37. The molecule has 2 aliphatic rings. The van der Waals surface area contributed by atoms with Crippen molar-refractivity contribution in [2.75, 3.05) is 46.0 Å². The molecule has 0 spiro atoms. The summed E-state index contributed by atoms with van der Waals surface area (Å²) in [5.74, 6) is 0. The number of nitrogens with one attached hydrogen (secondary N) is 1. The van der Waals surface area contributed by atoms with Crippen molar-refractivity contribution in [2.45, 2.75) is 31.9 Å². The highest BCUT2D eigenvalue weighted by molar-refractivity contribution is 5.29. The van der Waals surface area contributed by atoms with Crippen LogP contribution in [-0.4, -0.2) is 57.0 Å². The molecule has 2 saturated heterocycles. The number of rotatable bonds is 6. The number of hydrogen-bond acceptors (Lipinski definition) is 4. The number of benzene rings is 1. The summed E-state index contributed by atoms with van der Waals surface area (Å²) in [7, 11) is 0. The van der Waals surface area contributed by atoms with Gasteiger partial charge in [0.05, 0.1) is 19.3 Å². The Morgan fingerprint density at radius 1 is 1.23 bits per heavy atom. The molecular formula is C18H28N2O2. The van der Waals surface area contributed by atoms with E-state index < -0.39 is 0 Å². The van der Waals surface area contributed by atoms with E-state index in [-0.39, 0.29) is 0 Å². The van der Waals surface area contributed by atoms with Crippen LogP contribution >= 0.6 is 0 Å². The van der Waals surface area contributed by atoms with E-state index in [1.807, 2.05) is 0 Å². The molecule has 4 nitrogen and oxygen atoms in total. The Morgan fingerprint density at radius 3 is 2.77 bits per heavy atom. The van der Waals surface area contributed by atoms with Crippen LogP contribution in [0.4, 0.5) is 0 Å². The molecule has 1 aromatic rings. The third-order valence-electron chi connectivity index (χ3n) is 4.72. The van der Waals surface area contributed by atoms with Crippen LogP contribution < -0.4 is 5.32 Å². The lowest BCUT2D eigenvalue weighted by Gasteiger charge is -2.32. The SMILES string of the molecule is Cc1ccccc1[C@@H](CN1CCOCC1)NC[C@@H]1CCCO1. The number of ether oxygens (including phenoxy) is 2. The summed E-state index contributed by atoms with van der Waals surface area (Å²) in [5.41, 5.74) is 2.77. The van der Waals surface area contributed by atoms with Crippen molar-refractivity contribution in [3.05, 3.63) is 35.4 Å². The van der Waals surface area contributed by atoms with Crippen LogP contribution in [0, 0.1) is 6.92 Å². The van der Waals surface area contributed by atoms with Gasteiger partial charge in [0.1, 0.15) is 0 Å². The van der Waals surface area contributed by atoms with E-state index in [1.165, 1.54) is 24.0 Å². The van der Waals surface area contributed by atoms with E-state index in [0.29, 0.717) is 12.1 Å². The first kappa shape index (κ1) is 15.9. The van der Waals surface area contributed by atoms with E-state index in [0.717, 1.165) is 46.0 Å². The Balaban J connectivity index is 1.65. The summed E-state index contributed by atoms with van der Waals surface area (Å²) in [6.45, 7) is 8.89. The normalized spacial score (nSPS) is 24.5. The highest BCUT2D eigenvalue weighted by Gasteiger charge is 2.22. The van der Waals surface area contributed by atoms with Gasteiger partial charge in [-0.3, -0.25) is 4.90 Å². The Labute approximate surface area is 133 Å². The molecule has 0 amide bonds. The lowest BCUT2D eigenvalue weighted by atomic mass is 10.00. The zero-order valence-electron chi connectivity index (χ0n) is 13.6. The van der Waals surface area contributed by atoms with Crippen molar-refractivity contribution in [2.24, 2.45) is 0 Å². The minimum absolute atomic E-state index is 0.364. The van der Waals surface area contributed by atoms with Crippen LogP contribution in [0.3, 0.4) is 0 Å². The molecule has 0 saturated carbocycles. The summed E-state index contributed by atoms with van der Waals surface area (Å²) in [4.78, 5) is 2.50. The maximum Gasteiger partial charge on any atom is 0.0700 e. The monoisotopic (exact) mass is 304 g/mol. The minimum Gasteiger partial charge on any atom is -0.379 e. The smallest absolute Gasteiger partial charge is 0.0700 e. The number of morpholine rings is 1. The van der Waals surface area contributed by atoms with Crippen LogP contribution in [0.2, 0.25) is 0 Å². The molecule has 2 heterocycles. The van der Waals surface area contributed by atoms with Crippen molar-refractivity contribution < 1.29 is 9.47 Å². The Hall–Kier alpha value is -0.940. The first-order chi connectivity index (χ1) is 10.8. The van der Waals surface area contributed by atoms with Crippen LogP contribution in [0.25, 0.3) is 0 Å². The lowest BCUT2D eigenvalue weighted by molar-refractivity contribution is 0.0321. The fourth-order valence-electron chi connectivity index (χ4n) is 3.37. The Morgan fingerprint density at radius 2 is 2.05 bits per heavy atom. The summed E-state index contributed by atoms with van der Waals surface area (Å²) < 4.78 is 11.2. The zero-order valence-corrected chi connectivity index (χ0v) is 13.6. The van der Waals surface area contributed by atoms with Crippen LogP contribution in [0.15, 0.2) is 24.3 Å². The van der Waals surface area contributed by atoms with E-state index in [2.05, 4.69) is 41.4 Å². The molecule has 2 atom stereocenters. The van der Waals surface area contributed by atoms with Gasteiger partial charge in [-0.15, -0.1) is 0 Å². The van der Waals surface area contributed by atoms with Gasteiger partial charge in [0, 0.05) is 38.8 Å². The van der Waals surface area contributed by atoms with E-state index in [1.54, 1.807) is 0 Å². The quantitative estimate of drug-likeness (QED) is 0.873. The lowest BCUT2D eigenvalue weighted by Crippen LogP contribution is -2.43. The average molecular weight is 304 g/mol. The molecule has 2 fully saturated rings. The van der Waals surface area contributed by atoms with Gasteiger partial charge in [-0.05, 0) is 30.9 Å². The fourth-order valence-corrected chi connectivity index (χ4v) is 3.37. The number of nitrogens with zero attached hydrogens (tertiary/aromatic N) is 1. The maximum atomic E-state index is 5.76. The Kier molecular flexibility index (Phi) is 5.84. The molecule has 3 rings (SSSR count). The molecule has 0 unspecified atom stereocenters. The second-order valence-electron chi connectivity index (χ2n) is 6.37. The molecule has 0 aromatic heterocycles. The largest absolute Gasteiger partial charge is 0.379 e. The summed E-state index contributed by atoms with van der Waals surface area (Å²) in [6, 6.07) is 9.08. The van der Waals surface area contributed by atoms with Crippen molar-refractivity contribution in [3.8, 4) is 0 Å². The van der Waals surface area contributed by atoms with E-state index >= 15 is 0 Å². The van der Waals surface area contributed by atoms with Gasteiger partial charge < -0.3 is 14.8 Å². The topological polar surface area (TPSA) is 33.7 Å². The number of aryl methyl sites for hydroxylation is 1. The second kappa shape index (κ2) is 8.06. The predicted molar refractivity (Wildman–Crippen MR) is 88.2 cm³/mol. The summed E-state index contributed by atoms with van der Waals surface area (Å²) >= 11 is 0. The average Bonchev–Trinajstić information content (AvgIpc) is 3.06. The molecule has 1 N–H and O–H groups in total. The van der Waals surface area contributed by atoms with Crippen LogP contribution in [0.5, 0.6) is 0 Å². The molecule has 0 radical (unpaired) electrons. The zero-order chi connectivity index (χ0) is 15.2. The summed E-state index contributed by atoms with van der Waals surface area (Å²) in [6.07, 6.45) is 2.77. The third-order valence-corrected chi connectivity index (χ3v) is 4.72. The summed E-state index contributed by atoms with van der Waals surface area (Å²) in [5, 5.41) is 3.76. The van der Waals surface area contributed by atoms with Gasteiger partial charge >= 0.3 is 0 Å². The van der Waals surface area contributed by atoms with Crippen molar-refractivity contribution in [1.29, 1.82) is 0 Å². The van der Waals surface area contributed by atoms with Gasteiger partial charge in [0.15, 0.2) is 0 Å². The molecule has 4 heteroatoms. The predicted octanol–water partition coefficient (Wildman–Crippen LogP) is 2.14. The molecule has 0 aliphatic carbocycles. The fraction of sp³-hybridized carbons (Fsp3) is 0.667. The number of hydrogen-bond donors (Lipinski definition) is 1. The highest BCUT2D eigenvalue weighted by atomic mass is 16.5. The first-order valence-electron chi connectivity index (χ1n) is 8.53. The molecular weight excluding hydrogens is 276 g/mol. The minimum atomic E-state index is 0.364. The van der Waals surface area contributed by atoms with Crippen molar-refractivity contribution in [1.82, 2.24) is 10.2 Å². The van der Waals surface area contributed by atoms with Crippen LogP contribution in [0.1, 0.15) is 30.0 Å². The first-order valence-corrected chi connectivity index (χ1v) is 8.53. The maximum absolute atomic E-state index is 5.76. The van der Waals surface area contributed by atoms with Crippen molar-refractivity contribution in [3.63, 3.8) is 0 Å². The van der Waals surface area contributed by atoms with Gasteiger partial charge in [-0.25, -0.2) is 0 Å².